The van der Waals surface area contributed by atoms with Gasteiger partial charge >= 0.3 is 0 Å². The molecule has 0 aliphatic rings. The number of nitro benzene ring substituents is 1. The summed E-state index contributed by atoms with van der Waals surface area (Å²) in [5.41, 5.74) is 0.420. The summed E-state index contributed by atoms with van der Waals surface area (Å²) in [7, 11) is 1.82. The molecule has 5 heteroatoms. The third-order valence-electron chi connectivity index (χ3n) is 3.09. The highest BCUT2D eigenvalue weighted by atomic mass is 19.1. The molecule has 4 nitrogen and oxygen atoms in total. The van der Waals surface area contributed by atoms with Gasteiger partial charge in [-0.2, -0.15) is 0 Å². The van der Waals surface area contributed by atoms with Gasteiger partial charge in [-0.3, -0.25) is 10.1 Å². The number of nitrogens with zero attached hydrogens (tertiary/aromatic N) is 1. The zero-order chi connectivity index (χ0) is 13.0. The molecular formula is C12H17FN2O2. The van der Waals surface area contributed by atoms with E-state index in [9.17, 15) is 14.5 Å². The first-order chi connectivity index (χ1) is 8.01. The zero-order valence-corrected chi connectivity index (χ0v) is 10.2. The van der Waals surface area contributed by atoms with Crippen molar-refractivity contribution >= 4 is 5.69 Å². The van der Waals surface area contributed by atoms with Crippen LogP contribution in [-0.4, -0.2) is 18.0 Å². The Hall–Kier alpha value is -1.49. The smallest absolute Gasteiger partial charge is 0.275 e. The van der Waals surface area contributed by atoms with Gasteiger partial charge in [0, 0.05) is 17.5 Å². The third-order valence-corrected chi connectivity index (χ3v) is 3.09. The fraction of sp³-hybridized carbons (Fsp3) is 0.500. The molecule has 0 radical (unpaired) electrons. The van der Waals surface area contributed by atoms with E-state index in [0.717, 1.165) is 12.5 Å². The lowest BCUT2D eigenvalue weighted by molar-refractivity contribution is -0.385. The molecule has 0 bridgehead atoms. The van der Waals surface area contributed by atoms with Gasteiger partial charge in [-0.25, -0.2) is 4.39 Å². The van der Waals surface area contributed by atoms with E-state index < -0.39 is 10.7 Å². The second-order valence-electron chi connectivity index (χ2n) is 4.05. The predicted octanol–water partition coefficient (Wildman–Crippen LogP) is 2.84. The Kier molecular flexibility index (Phi) is 4.57. The van der Waals surface area contributed by atoms with Crippen molar-refractivity contribution in [3.8, 4) is 0 Å². The molecule has 0 spiro atoms. The van der Waals surface area contributed by atoms with Crippen LogP contribution >= 0.6 is 0 Å². The van der Waals surface area contributed by atoms with Gasteiger partial charge < -0.3 is 5.32 Å². The number of rotatable bonds is 5. The topological polar surface area (TPSA) is 55.2 Å². The Morgan fingerprint density at radius 3 is 2.65 bits per heavy atom. The van der Waals surface area contributed by atoms with E-state index in [4.69, 9.17) is 0 Å². The molecule has 1 aromatic carbocycles. The summed E-state index contributed by atoms with van der Waals surface area (Å²) < 4.78 is 13.0. The van der Waals surface area contributed by atoms with Crippen LogP contribution in [0.1, 0.15) is 31.7 Å². The lowest BCUT2D eigenvalue weighted by atomic mass is 9.90. The predicted molar refractivity (Wildman–Crippen MR) is 64.6 cm³/mol. The normalized spacial score (nSPS) is 14.4. The maximum atomic E-state index is 13.0. The van der Waals surface area contributed by atoms with E-state index in [1.807, 2.05) is 20.9 Å². The summed E-state index contributed by atoms with van der Waals surface area (Å²) in [4.78, 5) is 10.4. The van der Waals surface area contributed by atoms with E-state index in [1.54, 1.807) is 0 Å². The van der Waals surface area contributed by atoms with Gasteiger partial charge in [-0.1, -0.05) is 13.8 Å². The molecule has 0 aliphatic heterocycles. The van der Waals surface area contributed by atoms with Crippen LogP contribution in [0.5, 0.6) is 0 Å². The van der Waals surface area contributed by atoms with Gasteiger partial charge in [-0.15, -0.1) is 0 Å². The van der Waals surface area contributed by atoms with Crippen LogP contribution in [0.25, 0.3) is 0 Å². The molecule has 0 saturated carbocycles. The van der Waals surface area contributed by atoms with Crippen LogP contribution < -0.4 is 5.32 Å². The number of nitro groups is 1. The van der Waals surface area contributed by atoms with E-state index in [1.165, 1.54) is 12.1 Å². The van der Waals surface area contributed by atoms with Crippen molar-refractivity contribution in [2.45, 2.75) is 32.2 Å². The van der Waals surface area contributed by atoms with Gasteiger partial charge in [0.05, 0.1) is 11.0 Å². The van der Waals surface area contributed by atoms with Crippen LogP contribution in [0.4, 0.5) is 10.1 Å². The van der Waals surface area contributed by atoms with E-state index in [0.29, 0.717) is 5.56 Å². The third kappa shape index (κ3) is 3.00. The molecule has 0 aliphatic carbocycles. The lowest BCUT2D eigenvalue weighted by Gasteiger charge is -2.22. The SMILES string of the molecule is CCC(NC)C(C)c1ccc(F)cc1[N+](=O)[O-]. The molecule has 1 aromatic rings. The molecule has 0 saturated heterocycles. The first-order valence-electron chi connectivity index (χ1n) is 5.62. The van der Waals surface area contributed by atoms with E-state index in [2.05, 4.69) is 5.32 Å². The number of nitrogens with one attached hydrogen (secondary N) is 1. The average Bonchev–Trinajstić information content (AvgIpc) is 2.30. The number of halogens is 1. The minimum atomic E-state index is -0.579. The van der Waals surface area contributed by atoms with Gasteiger partial charge in [0.2, 0.25) is 0 Å². The highest BCUT2D eigenvalue weighted by molar-refractivity contribution is 5.43. The van der Waals surface area contributed by atoms with Crippen molar-refractivity contribution in [3.63, 3.8) is 0 Å². The molecule has 0 fully saturated rings. The maximum absolute atomic E-state index is 13.0. The first kappa shape index (κ1) is 13.6. The second kappa shape index (κ2) is 5.72. The Bertz CT molecular complexity index is 405. The molecule has 0 aromatic heterocycles. The monoisotopic (exact) mass is 240 g/mol. The molecule has 0 heterocycles. The Balaban J connectivity index is 3.16. The standard InChI is InChI=1S/C12H17FN2O2/c1-4-11(14-3)8(2)10-6-5-9(13)7-12(10)15(16)17/h5-8,11,14H,4H2,1-3H3. The second-order valence-corrected chi connectivity index (χ2v) is 4.05. The van der Waals surface area contributed by atoms with Crippen molar-refractivity contribution in [2.75, 3.05) is 7.05 Å². The average molecular weight is 240 g/mol. The fourth-order valence-corrected chi connectivity index (χ4v) is 2.08. The van der Waals surface area contributed by atoms with Crippen LogP contribution in [-0.2, 0) is 0 Å². The number of likely N-dealkylation sites (N-methyl/N-ethyl adjacent to an activating group) is 1. The van der Waals surface area contributed by atoms with Gasteiger partial charge in [-0.05, 0) is 25.6 Å². The maximum Gasteiger partial charge on any atom is 0.275 e. The van der Waals surface area contributed by atoms with Gasteiger partial charge in [0.25, 0.3) is 5.69 Å². The van der Waals surface area contributed by atoms with Crippen molar-refractivity contribution in [1.29, 1.82) is 0 Å². The quantitative estimate of drug-likeness (QED) is 0.636. The summed E-state index contributed by atoms with van der Waals surface area (Å²) in [6.45, 7) is 3.91. The summed E-state index contributed by atoms with van der Waals surface area (Å²) in [6, 6.07) is 3.88. The Morgan fingerprint density at radius 2 is 2.18 bits per heavy atom. The molecular weight excluding hydrogens is 223 g/mol. The number of hydrogen-bond acceptors (Lipinski definition) is 3. The van der Waals surface area contributed by atoms with Gasteiger partial charge in [0.15, 0.2) is 0 Å². The fourth-order valence-electron chi connectivity index (χ4n) is 2.08. The van der Waals surface area contributed by atoms with Crippen molar-refractivity contribution in [1.82, 2.24) is 5.32 Å². The Morgan fingerprint density at radius 1 is 1.53 bits per heavy atom. The van der Waals surface area contributed by atoms with E-state index in [-0.39, 0.29) is 17.6 Å². The minimum absolute atomic E-state index is 0.0361. The minimum Gasteiger partial charge on any atom is -0.316 e. The molecule has 94 valence electrons. The first-order valence-corrected chi connectivity index (χ1v) is 5.62. The van der Waals surface area contributed by atoms with Crippen LogP contribution in [0.3, 0.4) is 0 Å². The molecule has 1 rings (SSSR count). The lowest BCUT2D eigenvalue weighted by Crippen LogP contribution is -2.30. The van der Waals surface area contributed by atoms with Crippen molar-refractivity contribution in [2.24, 2.45) is 0 Å². The van der Waals surface area contributed by atoms with Crippen molar-refractivity contribution < 1.29 is 9.31 Å². The summed E-state index contributed by atoms with van der Waals surface area (Å²) in [6.07, 6.45) is 0.853. The largest absolute Gasteiger partial charge is 0.316 e. The van der Waals surface area contributed by atoms with Crippen LogP contribution in [0, 0.1) is 15.9 Å². The van der Waals surface area contributed by atoms with Gasteiger partial charge in [0.1, 0.15) is 5.82 Å². The molecule has 1 N–H and O–H groups in total. The molecule has 0 amide bonds. The zero-order valence-electron chi connectivity index (χ0n) is 10.2. The highest BCUT2D eigenvalue weighted by Gasteiger charge is 2.24. The number of hydrogen-bond donors (Lipinski definition) is 1. The molecule has 2 atom stereocenters. The van der Waals surface area contributed by atoms with E-state index >= 15 is 0 Å². The summed E-state index contributed by atoms with van der Waals surface area (Å²) >= 11 is 0. The van der Waals surface area contributed by atoms with Crippen LogP contribution in [0.15, 0.2) is 18.2 Å². The summed E-state index contributed by atoms with van der Waals surface area (Å²) in [5, 5.41) is 14.0. The molecule has 2 unspecified atom stereocenters. The molecule has 17 heavy (non-hydrogen) atoms. The van der Waals surface area contributed by atoms with Crippen LogP contribution in [0.2, 0.25) is 0 Å². The van der Waals surface area contributed by atoms with Crippen molar-refractivity contribution in [3.05, 3.63) is 39.7 Å². The highest BCUT2D eigenvalue weighted by Crippen LogP contribution is 2.30. The number of benzene rings is 1. The summed E-state index contributed by atoms with van der Waals surface area (Å²) in [5.74, 6) is -0.615. The Labute approximate surface area is 100.0 Å².